The van der Waals surface area contributed by atoms with Crippen LogP contribution in [0.25, 0.3) is 0 Å². The van der Waals surface area contributed by atoms with E-state index in [1.54, 1.807) is 6.07 Å². The number of carbonyl (C=O) groups is 2. The molecule has 1 aliphatic heterocycles. The molecular formula is C17H23NO7S. The van der Waals surface area contributed by atoms with Crippen molar-refractivity contribution in [2.45, 2.75) is 36.9 Å². The third-order valence-corrected chi connectivity index (χ3v) is 6.91. The van der Waals surface area contributed by atoms with E-state index in [1.807, 2.05) is 0 Å². The Kier molecular flexibility index (Phi) is 6.74. The molecule has 8 nitrogen and oxygen atoms in total. The van der Waals surface area contributed by atoms with Crippen molar-refractivity contribution in [3.05, 3.63) is 29.3 Å². The van der Waals surface area contributed by atoms with Gasteiger partial charge in [-0.05, 0) is 43.5 Å². The number of carboxylic acids is 1. The molecule has 1 aromatic carbocycles. The first-order valence-corrected chi connectivity index (χ1v) is 9.84. The molecule has 0 bridgehead atoms. The summed E-state index contributed by atoms with van der Waals surface area (Å²) in [5.41, 5.74) is 0.758. The van der Waals surface area contributed by atoms with Crippen LogP contribution in [0.2, 0.25) is 0 Å². The highest BCUT2D eigenvalue weighted by Gasteiger charge is 2.36. The summed E-state index contributed by atoms with van der Waals surface area (Å²) in [6, 6.07) is 4.28. The minimum atomic E-state index is -3.66. The van der Waals surface area contributed by atoms with Gasteiger partial charge in [-0.15, -0.1) is 0 Å². The summed E-state index contributed by atoms with van der Waals surface area (Å²) in [4.78, 5) is 23.7. The van der Waals surface area contributed by atoms with Crippen LogP contribution < -0.4 is 5.32 Å². The quantitative estimate of drug-likeness (QED) is 0.729. The molecule has 1 amide bonds. The molecule has 144 valence electrons. The Morgan fingerprint density at radius 3 is 2.54 bits per heavy atom. The molecule has 0 saturated carbocycles. The number of carbonyl (C=O) groups excluding carboxylic acids is 1. The van der Waals surface area contributed by atoms with Crippen LogP contribution in [-0.4, -0.2) is 56.2 Å². The van der Waals surface area contributed by atoms with Gasteiger partial charge in [0.05, 0.1) is 17.4 Å². The van der Waals surface area contributed by atoms with Crippen molar-refractivity contribution in [3.8, 4) is 0 Å². The lowest BCUT2D eigenvalue weighted by Crippen LogP contribution is -2.41. The van der Waals surface area contributed by atoms with Crippen LogP contribution in [0.5, 0.6) is 0 Å². The number of benzene rings is 1. The maximum absolute atomic E-state index is 12.6. The molecule has 0 radical (unpaired) electrons. The van der Waals surface area contributed by atoms with E-state index in [0.29, 0.717) is 31.6 Å². The zero-order valence-corrected chi connectivity index (χ0v) is 15.5. The van der Waals surface area contributed by atoms with Gasteiger partial charge in [-0.3, -0.25) is 4.79 Å². The third kappa shape index (κ3) is 4.80. The van der Waals surface area contributed by atoms with Crippen molar-refractivity contribution in [1.82, 2.24) is 0 Å². The number of amides is 1. The maximum atomic E-state index is 12.6. The SMILES string of the molecule is COCc1cc(NC(=O)C(C)S(=O)(=O)C2CCOCC2)cc(C(=O)O)c1. The van der Waals surface area contributed by atoms with Gasteiger partial charge in [-0.1, -0.05) is 0 Å². The van der Waals surface area contributed by atoms with Crippen LogP contribution in [-0.2, 0) is 30.7 Å². The third-order valence-electron chi connectivity index (χ3n) is 4.31. The number of sulfone groups is 1. The first-order valence-electron chi connectivity index (χ1n) is 8.23. The van der Waals surface area contributed by atoms with E-state index in [4.69, 9.17) is 9.47 Å². The lowest BCUT2D eigenvalue weighted by Gasteiger charge is -2.25. The molecule has 1 aliphatic rings. The van der Waals surface area contributed by atoms with Crippen LogP contribution in [0.1, 0.15) is 35.7 Å². The predicted molar refractivity (Wildman–Crippen MR) is 95.0 cm³/mol. The topological polar surface area (TPSA) is 119 Å². The first kappa shape index (κ1) is 20.3. The lowest BCUT2D eigenvalue weighted by molar-refractivity contribution is -0.115. The Morgan fingerprint density at radius 2 is 1.96 bits per heavy atom. The fourth-order valence-electron chi connectivity index (χ4n) is 2.82. The molecule has 9 heteroatoms. The van der Waals surface area contributed by atoms with Crippen LogP contribution >= 0.6 is 0 Å². The first-order chi connectivity index (χ1) is 12.3. The number of nitrogens with one attached hydrogen (secondary N) is 1. The zero-order valence-electron chi connectivity index (χ0n) is 14.7. The van der Waals surface area contributed by atoms with Crippen molar-refractivity contribution >= 4 is 27.4 Å². The number of rotatable bonds is 7. The van der Waals surface area contributed by atoms with Gasteiger partial charge < -0.3 is 19.9 Å². The summed E-state index contributed by atoms with van der Waals surface area (Å²) in [5, 5.41) is 9.85. The Balaban J connectivity index is 2.18. The second-order valence-electron chi connectivity index (χ2n) is 6.19. The summed E-state index contributed by atoms with van der Waals surface area (Å²) >= 11 is 0. The molecule has 0 aromatic heterocycles. The van der Waals surface area contributed by atoms with Gasteiger partial charge >= 0.3 is 5.97 Å². The number of methoxy groups -OCH3 is 1. The molecule has 1 unspecified atom stereocenters. The van der Waals surface area contributed by atoms with Crippen molar-refractivity contribution in [1.29, 1.82) is 0 Å². The van der Waals surface area contributed by atoms with Crippen molar-refractivity contribution in [3.63, 3.8) is 0 Å². The van der Waals surface area contributed by atoms with Gasteiger partial charge in [0.1, 0.15) is 5.25 Å². The van der Waals surface area contributed by atoms with E-state index < -0.39 is 32.2 Å². The van der Waals surface area contributed by atoms with E-state index in [-0.39, 0.29) is 17.9 Å². The molecule has 1 fully saturated rings. The van der Waals surface area contributed by atoms with Gasteiger partial charge in [0.2, 0.25) is 5.91 Å². The van der Waals surface area contributed by atoms with Gasteiger partial charge in [0, 0.05) is 26.0 Å². The maximum Gasteiger partial charge on any atom is 0.335 e. The second kappa shape index (κ2) is 8.61. The van der Waals surface area contributed by atoms with E-state index in [0.717, 1.165) is 0 Å². The van der Waals surface area contributed by atoms with Crippen LogP contribution in [0.15, 0.2) is 18.2 Å². The Labute approximate surface area is 152 Å². The van der Waals surface area contributed by atoms with Crippen LogP contribution in [0.4, 0.5) is 5.69 Å². The summed E-state index contributed by atoms with van der Waals surface area (Å²) < 4.78 is 35.4. The molecule has 0 aliphatic carbocycles. The average Bonchev–Trinajstić information content (AvgIpc) is 2.61. The van der Waals surface area contributed by atoms with Crippen LogP contribution in [0, 0.1) is 0 Å². The minimum Gasteiger partial charge on any atom is -0.478 e. The molecule has 1 atom stereocenters. The van der Waals surface area contributed by atoms with Gasteiger partial charge in [0.25, 0.3) is 0 Å². The van der Waals surface area contributed by atoms with Gasteiger partial charge in [-0.2, -0.15) is 0 Å². The van der Waals surface area contributed by atoms with Gasteiger partial charge in [-0.25, -0.2) is 13.2 Å². The van der Waals surface area contributed by atoms with Crippen molar-refractivity contribution in [2.24, 2.45) is 0 Å². The van der Waals surface area contributed by atoms with Crippen molar-refractivity contribution < 1.29 is 32.6 Å². The normalized spacial score (nSPS) is 16.8. The highest BCUT2D eigenvalue weighted by atomic mass is 32.2. The molecular weight excluding hydrogens is 362 g/mol. The van der Waals surface area contributed by atoms with E-state index in [2.05, 4.69) is 5.32 Å². The molecule has 1 heterocycles. The Bertz CT molecular complexity index is 769. The van der Waals surface area contributed by atoms with Crippen LogP contribution in [0.3, 0.4) is 0 Å². The smallest absolute Gasteiger partial charge is 0.335 e. The van der Waals surface area contributed by atoms with E-state index in [9.17, 15) is 23.1 Å². The minimum absolute atomic E-state index is 0.0187. The number of aromatic carboxylic acids is 1. The number of hydrogen-bond acceptors (Lipinski definition) is 6. The average molecular weight is 385 g/mol. The highest BCUT2D eigenvalue weighted by molar-refractivity contribution is 7.93. The Morgan fingerprint density at radius 1 is 1.31 bits per heavy atom. The van der Waals surface area contributed by atoms with E-state index >= 15 is 0 Å². The zero-order chi connectivity index (χ0) is 19.3. The van der Waals surface area contributed by atoms with E-state index in [1.165, 1.54) is 26.2 Å². The molecule has 26 heavy (non-hydrogen) atoms. The standard InChI is InChI=1S/C17H23NO7S/c1-11(26(22,23)15-3-5-25-6-4-15)16(19)18-14-8-12(10-24-2)7-13(9-14)17(20)21/h7-9,11,15H,3-6,10H2,1-2H3,(H,18,19)(H,20,21). The largest absolute Gasteiger partial charge is 0.478 e. The van der Waals surface area contributed by atoms with Crippen molar-refractivity contribution in [2.75, 3.05) is 25.6 Å². The summed E-state index contributed by atoms with van der Waals surface area (Å²) in [5.74, 6) is -1.84. The monoisotopic (exact) mass is 385 g/mol. The second-order valence-corrected chi connectivity index (χ2v) is 8.74. The fourth-order valence-corrected chi connectivity index (χ4v) is 4.61. The molecule has 2 N–H and O–H groups in total. The summed E-state index contributed by atoms with van der Waals surface area (Å²) in [7, 11) is -2.19. The molecule has 2 rings (SSSR count). The number of hydrogen-bond donors (Lipinski definition) is 2. The fraction of sp³-hybridized carbons (Fsp3) is 0.529. The Hall–Kier alpha value is -1.97. The number of carboxylic acid groups (broad SMARTS) is 1. The molecule has 0 spiro atoms. The number of ether oxygens (including phenoxy) is 2. The predicted octanol–water partition coefficient (Wildman–Crippen LogP) is 1.45. The summed E-state index contributed by atoms with van der Waals surface area (Å²) in [6.45, 7) is 2.23. The summed E-state index contributed by atoms with van der Waals surface area (Å²) in [6.07, 6.45) is 0.735. The molecule has 1 saturated heterocycles. The molecule has 1 aromatic rings. The van der Waals surface area contributed by atoms with Gasteiger partial charge in [0.15, 0.2) is 9.84 Å². The highest BCUT2D eigenvalue weighted by Crippen LogP contribution is 2.22. The lowest BCUT2D eigenvalue weighted by atomic mass is 10.1. The number of anilines is 1.